The highest BCUT2D eigenvalue weighted by molar-refractivity contribution is 9.10. The maximum atomic E-state index is 13.3. The van der Waals surface area contributed by atoms with Gasteiger partial charge in [-0.15, -0.1) is 0 Å². The standard InChI is InChI=1S/C12H16BrFN2O2S/c1-8(7-15-9-2-3-9)19(17,18)16-10-4-5-11(13)12(14)6-10/h4-6,8-9,15-16H,2-3,7H2,1H3. The van der Waals surface area contributed by atoms with Crippen molar-refractivity contribution in [3.05, 3.63) is 28.5 Å². The second kappa shape index (κ2) is 5.76. The van der Waals surface area contributed by atoms with E-state index in [0.717, 1.165) is 18.9 Å². The number of sulfonamides is 1. The molecule has 0 aliphatic heterocycles. The van der Waals surface area contributed by atoms with Crippen molar-refractivity contribution in [1.82, 2.24) is 5.32 Å². The van der Waals surface area contributed by atoms with Gasteiger partial charge in [-0.3, -0.25) is 4.72 Å². The van der Waals surface area contributed by atoms with Crippen LogP contribution in [0.3, 0.4) is 0 Å². The van der Waals surface area contributed by atoms with Crippen LogP contribution in [-0.2, 0) is 10.0 Å². The Balaban J connectivity index is 2.00. The van der Waals surface area contributed by atoms with Crippen molar-refractivity contribution in [3.63, 3.8) is 0 Å². The average molecular weight is 351 g/mol. The van der Waals surface area contributed by atoms with E-state index in [1.807, 2.05) is 0 Å². The van der Waals surface area contributed by atoms with Gasteiger partial charge < -0.3 is 5.32 Å². The van der Waals surface area contributed by atoms with Gasteiger partial charge in [0.05, 0.1) is 15.4 Å². The number of halogens is 2. The Morgan fingerprint density at radius 2 is 2.16 bits per heavy atom. The number of nitrogens with one attached hydrogen (secondary N) is 2. The van der Waals surface area contributed by atoms with Crippen LogP contribution in [0.2, 0.25) is 0 Å². The number of benzene rings is 1. The summed E-state index contributed by atoms with van der Waals surface area (Å²) < 4.78 is 40.1. The largest absolute Gasteiger partial charge is 0.313 e. The third-order valence-corrected chi connectivity index (χ3v) is 5.37. The highest BCUT2D eigenvalue weighted by Crippen LogP contribution is 2.21. The third kappa shape index (κ3) is 4.15. The van der Waals surface area contributed by atoms with Gasteiger partial charge in [-0.05, 0) is 53.9 Å². The predicted molar refractivity (Wildman–Crippen MR) is 77.1 cm³/mol. The van der Waals surface area contributed by atoms with Crippen molar-refractivity contribution >= 4 is 31.6 Å². The molecule has 0 amide bonds. The van der Waals surface area contributed by atoms with Crippen LogP contribution in [0.1, 0.15) is 19.8 Å². The van der Waals surface area contributed by atoms with Gasteiger partial charge in [0.2, 0.25) is 10.0 Å². The fraction of sp³-hybridized carbons (Fsp3) is 0.500. The number of hydrogen-bond donors (Lipinski definition) is 2. The molecule has 1 aliphatic rings. The quantitative estimate of drug-likeness (QED) is 0.828. The van der Waals surface area contributed by atoms with Crippen molar-refractivity contribution in [3.8, 4) is 0 Å². The van der Waals surface area contributed by atoms with E-state index in [0.29, 0.717) is 17.1 Å². The Morgan fingerprint density at radius 1 is 1.47 bits per heavy atom. The average Bonchev–Trinajstić information content (AvgIpc) is 3.14. The fourth-order valence-electron chi connectivity index (χ4n) is 1.55. The summed E-state index contributed by atoms with van der Waals surface area (Å²) in [6, 6.07) is 4.61. The molecule has 7 heteroatoms. The van der Waals surface area contributed by atoms with Crippen LogP contribution in [0.15, 0.2) is 22.7 Å². The summed E-state index contributed by atoms with van der Waals surface area (Å²) in [5.74, 6) is -0.496. The summed E-state index contributed by atoms with van der Waals surface area (Å²) in [7, 11) is -3.51. The zero-order valence-corrected chi connectivity index (χ0v) is 12.9. The summed E-state index contributed by atoms with van der Waals surface area (Å²) >= 11 is 3.02. The Hall–Kier alpha value is -0.660. The van der Waals surface area contributed by atoms with Gasteiger partial charge in [-0.1, -0.05) is 0 Å². The first-order valence-corrected chi connectivity index (χ1v) is 8.42. The second-order valence-corrected chi connectivity index (χ2v) is 7.72. The van der Waals surface area contributed by atoms with Gasteiger partial charge in [0.1, 0.15) is 5.82 Å². The SMILES string of the molecule is CC(CNC1CC1)S(=O)(=O)Nc1ccc(Br)c(F)c1. The molecule has 1 aromatic rings. The predicted octanol–water partition coefficient (Wildman–Crippen LogP) is 2.47. The lowest BCUT2D eigenvalue weighted by Gasteiger charge is -2.15. The Morgan fingerprint density at radius 3 is 2.74 bits per heavy atom. The molecule has 1 aliphatic carbocycles. The molecule has 0 aromatic heterocycles. The lowest BCUT2D eigenvalue weighted by atomic mass is 10.3. The summed E-state index contributed by atoms with van der Waals surface area (Å²) in [6.45, 7) is 2.03. The molecule has 0 radical (unpaired) electrons. The molecule has 0 saturated heterocycles. The molecule has 0 heterocycles. The van der Waals surface area contributed by atoms with Gasteiger partial charge in [-0.2, -0.15) is 0 Å². The van der Waals surface area contributed by atoms with E-state index in [2.05, 4.69) is 26.0 Å². The minimum Gasteiger partial charge on any atom is -0.313 e. The van der Waals surface area contributed by atoms with E-state index < -0.39 is 21.1 Å². The maximum absolute atomic E-state index is 13.3. The van der Waals surface area contributed by atoms with Crippen LogP contribution in [0.25, 0.3) is 0 Å². The minimum atomic E-state index is -3.51. The number of rotatable bonds is 6. The van der Waals surface area contributed by atoms with Crippen LogP contribution in [0, 0.1) is 5.82 Å². The summed E-state index contributed by atoms with van der Waals surface area (Å²) in [5, 5.41) is 2.60. The summed E-state index contributed by atoms with van der Waals surface area (Å²) in [4.78, 5) is 0. The minimum absolute atomic E-state index is 0.235. The highest BCUT2D eigenvalue weighted by Gasteiger charge is 2.25. The van der Waals surface area contributed by atoms with Gasteiger partial charge in [0, 0.05) is 12.6 Å². The monoisotopic (exact) mass is 350 g/mol. The summed E-state index contributed by atoms with van der Waals surface area (Å²) in [5.41, 5.74) is 0.235. The highest BCUT2D eigenvalue weighted by atomic mass is 79.9. The zero-order valence-electron chi connectivity index (χ0n) is 10.5. The zero-order chi connectivity index (χ0) is 14.0. The first-order valence-electron chi connectivity index (χ1n) is 6.08. The molecule has 1 saturated carbocycles. The van der Waals surface area contributed by atoms with Gasteiger partial charge in [0.25, 0.3) is 0 Å². The molecule has 2 N–H and O–H groups in total. The molecular weight excluding hydrogens is 335 g/mol. The lowest BCUT2D eigenvalue weighted by molar-refractivity contribution is 0.576. The molecule has 0 spiro atoms. The van der Waals surface area contributed by atoms with E-state index in [9.17, 15) is 12.8 Å². The van der Waals surface area contributed by atoms with Crippen molar-refractivity contribution < 1.29 is 12.8 Å². The van der Waals surface area contributed by atoms with E-state index in [1.165, 1.54) is 12.1 Å². The fourth-order valence-corrected chi connectivity index (χ4v) is 2.77. The van der Waals surface area contributed by atoms with Gasteiger partial charge in [-0.25, -0.2) is 12.8 Å². The maximum Gasteiger partial charge on any atom is 0.236 e. The van der Waals surface area contributed by atoms with E-state index in [-0.39, 0.29) is 5.69 Å². The number of anilines is 1. The molecule has 1 atom stereocenters. The first-order chi connectivity index (χ1) is 8.88. The Bertz CT molecular complexity index is 561. The van der Waals surface area contributed by atoms with Crippen LogP contribution in [0.4, 0.5) is 10.1 Å². The first kappa shape index (κ1) is 14.7. The van der Waals surface area contributed by atoms with Gasteiger partial charge >= 0.3 is 0 Å². The third-order valence-electron chi connectivity index (χ3n) is 2.98. The molecule has 19 heavy (non-hydrogen) atoms. The van der Waals surface area contributed by atoms with Crippen LogP contribution < -0.4 is 10.0 Å². The topological polar surface area (TPSA) is 58.2 Å². The lowest BCUT2D eigenvalue weighted by Crippen LogP contribution is -2.35. The molecule has 1 unspecified atom stereocenters. The van der Waals surface area contributed by atoms with Crippen molar-refractivity contribution in [1.29, 1.82) is 0 Å². The van der Waals surface area contributed by atoms with Crippen LogP contribution in [0.5, 0.6) is 0 Å². The molecule has 1 fully saturated rings. The van der Waals surface area contributed by atoms with Crippen molar-refractivity contribution in [2.24, 2.45) is 0 Å². The van der Waals surface area contributed by atoms with Crippen LogP contribution in [-0.4, -0.2) is 26.3 Å². The van der Waals surface area contributed by atoms with Crippen molar-refractivity contribution in [2.75, 3.05) is 11.3 Å². The normalized spacial score (nSPS) is 17.2. The Labute approximate surface area is 121 Å². The Kier molecular flexibility index (Phi) is 4.47. The molecule has 0 bridgehead atoms. The van der Waals surface area contributed by atoms with Gasteiger partial charge in [0.15, 0.2) is 0 Å². The molecule has 4 nitrogen and oxygen atoms in total. The second-order valence-electron chi connectivity index (χ2n) is 4.77. The molecule has 106 valence electrons. The number of hydrogen-bond acceptors (Lipinski definition) is 3. The van der Waals surface area contributed by atoms with E-state index in [1.54, 1.807) is 6.92 Å². The smallest absolute Gasteiger partial charge is 0.236 e. The molecule has 1 aromatic carbocycles. The van der Waals surface area contributed by atoms with Crippen molar-refractivity contribution in [2.45, 2.75) is 31.1 Å². The summed E-state index contributed by atoms with van der Waals surface area (Å²) in [6.07, 6.45) is 2.22. The van der Waals surface area contributed by atoms with Crippen LogP contribution >= 0.6 is 15.9 Å². The molecular formula is C12H16BrFN2O2S. The van der Waals surface area contributed by atoms with E-state index >= 15 is 0 Å². The van der Waals surface area contributed by atoms with E-state index in [4.69, 9.17) is 0 Å². The molecule has 2 rings (SSSR count).